The molecule has 1 saturated carbocycles. The molecule has 2 N–H and O–H groups in total. The third kappa shape index (κ3) is 4.30. The van der Waals surface area contributed by atoms with E-state index in [2.05, 4.69) is 20.6 Å². The van der Waals surface area contributed by atoms with Gasteiger partial charge in [0, 0.05) is 36.2 Å². The zero-order chi connectivity index (χ0) is 23.2. The minimum atomic E-state index is 0.332. The summed E-state index contributed by atoms with van der Waals surface area (Å²) in [5.74, 6) is 1.65. The molecule has 0 amide bonds. The van der Waals surface area contributed by atoms with Crippen LogP contribution >= 0.6 is 11.3 Å². The Labute approximate surface area is 209 Å². The Hall–Kier alpha value is -2.27. The van der Waals surface area contributed by atoms with Crippen molar-refractivity contribution in [3.63, 3.8) is 0 Å². The lowest BCUT2D eigenvalue weighted by molar-refractivity contribution is -0.0286. The molecule has 2 aliphatic carbocycles. The van der Waals surface area contributed by atoms with E-state index in [0.29, 0.717) is 24.1 Å². The first-order chi connectivity index (χ1) is 17.3. The highest BCUT2D eigenvalue weighted by atomic mass is 32.1. The molecule has 7 rings (SSSR count). The lowest BCUT2D eigenvalue weighted by Gasteiger charge is -2.39. The lowest BCUT2D eigenvalue weighted by atomic mass is 9.90. The van der Waals surface area contributed by atoms with Gasteiger partial charge in [0.05, 0.1) is 49.7 Å². The summed E-state index contributed by atoms with van der Waals surface area (Å²) in [5, 5.41) is 13.0. The fraction of sp³-hybridized carbons (Fsp3) is 0.640. The average Bonchev–Trinajstić information content (AvgIpc) is 3.56. The lowest BCUT2D eigenvalue weighted by Crippen LogP contribution is -2.46. The average molecular weight is 496 g/mol. The maximum absolute atomic E-state index is 5.55. The fourth-order valence-electron chi connectivity index (χ4n) is 5.98. The van der Waals surface area contributed by atoms with Gasteiger partial charge in [0.25, 0.3) is 0 Å². The van der Waals surface area contributed by atoms with Gasteiger partial charge in [0.2, 0.25) is 5.95 Å². The van der Waals surface area contributed by atoms with Crippen molar-refractivity contribution in [2.75, 3.05) is 50.2 Å². The summed E-state index contributed by atoms with van der Waals surface area (Å²) in [6.45, 7) is 5.37. The number of rotatable bonds is 6. The Balaban J connectivity index is 1.11. The van der Waals surface area contributed by atoms with Crippen LogP contribution in [0.5, 0.6) is 0 Å². The number of nitrogens with zero attached hydrogens (tertiary/aromatic N) is 5. The highest BCUT2D eigenvalue weighted by molar-refractivity contribution is 7.19. The minimum Gasteiger partial charge on any atom is -0.379 e. The highest BCUT2D eigenvalue weighted by Crippen LogP contribution is 2.41. The molecule has 2 aliphatic heterocycles. The molecule has 0 radical (unpaired) electrons. The number of hydrogen-bond donors (Lipinski definition) is 2. The van der Waals surface area contributed by atoms with Crippen molar-refractivity contribution in [3.8, 4) is 0 Å². The second-order valence-electron chi connectivity index (χ2n) is 10.3. The minimum absolute atomic E-state index is 0.332. The largest absolute Gasteiger partial charge is 0.379 e. The molecular weight excluding hydrogens is 462 g/mol. The molecule has 0 spiro atoms. The van der Waals surface area contributed by atoms with Crippen LogP contribution in [-0.4, -0.2) is 76.2 Å². The first kappa shape index (κ1) is 22.0. The molecule has 10 heteroatoms. The van der Waals surface area contributed by atoms with Crippen LogP contribution in [-0.2, 0) is 22.3 Å². The van der Waals surface area contributed by atoms with E-state index in [9.17, 15) is 0 Å². The van der Waals surface area contributed by atoms with Gasteiger partial charge < -0.3 is 20.1 Å². The van der Waals surface area contributed by atoms with Gasteiger partial charge in [-0.3, -0.25) is 9.58 Å². The number of morpholine rings is 1. The van der Waals surface area contributed by atoms with Gasteiger partial charge in [-0.2, -0.15) is 10.1 Å². The Morgan fingerprint density at radius 3 is 2.63 bits per heavy atom. The Bertz CT molecular complexity index is 1190. The maximum Gasteiger partial charge on any atom is 0.230 e. The van der Waals surface area contributed by atoms with Gasteiger partial charge >= 0.3 is 0 Å². The summed E-state index contributed by atoms with van der Waals surface area (Å²) in [4.78, 5) is 15.2. The van der Waals surface area contributed by atoms with Crippen LogP contribution in [0, 0.1) is 0 Å². The number of thiophene rings is 1. The topological polar surface area (TPSA) is 89.4 Å². The van der Waals surface area contributed by atoms with Crippen molar-refractivity contribution < 1.29 is 9.47 Å². The number of hydrogen-bond acceptors (Lipinski definition) is 9. The first-order valence-corrected chi connectivity index (χ1v) is 13.9. The second-order valence-corrected chi connectivity index (χ2v) is 11.3. The second kappa shape index (κ2) is 9.31. The number of aryl methyl sites for hydroxylation is 2. The molecule has 0 atom stereocenters. The van der Waals surface area contributed by atoms with E-state index < -0.39 is 0 Å². The molecule has 35 heavy (non-hydrogen) atoms. The predicted octanol–water partition coefficient (Wildman–Crippen LogP) is 3.75. The van der Waals surface area contributed by atoms with Crippen LogP contribution < -0.4 is 10.6 Å². The molecule has 3 fully saturated rings. The highest BCUT2D eigenvalue weighted by Gasteiger charge is 2.29. The summed E-state index contributed by atoms with van der Waals surface area (Å²) in [7, 11) is 0. The molecule has 0 unspecified atom stereocenters. The van der Waals surface area contributed by atoms with Crippen molar-refractivity contribution >= 4 is 39.0 Å². The SMILES string of the molecule is c1nn(C2COC2)cc1Nc1nc(N[C@H]2CC[C@H](N3CCOCC3)CC2)c2c3c(sc2n1)CCC3. The number of aromatic nitrogens is 4. The molecule has 186 valence electrons. The zero-order valence-corrected chi connectivity index (χ0v) is 20.9. The number of fused-ring (bicyclic) bond motifs is 3. The van der Waals surface area contributed by atoms with Crippen molar-refractivity contribution in [1.29, 1.82) is 0 Å². The van der Waals surface area contributed by atoms with Crippen LogP contribution in [0.4, 0.5) is 17.5 Å². The fourth-order valence-corrected chi connectivity index (χ4v) is 7.25. The standard InChI is InChI=1S/C25H33N7O2S/c1-2-20-21(3-1)35-24-22(20)23(27-16-4-6-18(7-5-16)31-8-10-33-11-9-31)29-25(30-24)28-17-12-26-32(13-17)19-14-34-15-19/h12-13,16,18-19H,1-11,14-15H2,(H2,27,28,29,30)/t16-,18-. The number of ether oxygens (including phenoxy) is 2. The Morgan fingerprint density at radius 1 is 0.971 bits per heavy atom. The maximum atomic E-state index is 5.55. The summed E-state index contributed by atoms with van der Waals surface area (Å²) >= 11 is 1.84. The molecular formula is C25H33N7O2S. The van der Waals surface area contributed by atoms with Gasteiger partial charge in [0.15, 0.2) is 0 Å². The van der Waals surface area contributed by atoms with Gasteiger partial charge in [-0.1, -0.05) is 0 Å². The van der Waals surface area contributed by atoms with Crippen molar-refractivity contribution in [1.82, 2.24) is 24.6 Å². The molecule has 3 aromatic heterocycles. The van der Waals surface area contributed by atoms with Crippen molar-refractivity contribution in [2.24, 2.45) is 0 Å². The molecule has 0 bridgehead atoms. The van der Waals surface area contributed by atoms with E-state index in [0.717, 1.165) is 62.3 Å². The number of nitrogens with one attached hydrogen (secondary N) is 2. The molecule has 4 aliphatic rings. The van der Waals surface area contributed by atoms with E-state index in [-0.39, 0.29) is 0 Å². The normalized spacial score (nSPS) is 25.5. The summed E-state index contributed by atoms with van der Waals surface area (Å²) in [5.41, 5.74) is 2.39. The van der Waals surface area contributed by atoms with Gasteiger partial charge in [-0.15, -0.1) is 11.3 Å². The first-order valence-electron chi connectivity index (χ1n) is 13.1. The molecule has 0 aromatic carbocycles. The number of anilines is 3. The predicted molar refractivity (Wildman–Crippen MR) is 137 cm³/mol. The van der Waals surface area contributed by atoms with Crippen molar-refractivity contribution in [3.05, 3.63) is 22.8 Å². The van der Waals surface area contributed by atoms with Crippen LogP contribution in [0.3, 0.4) is 0 Å². The third-order valence-corrected chi connectivity index (χ3v) is 9.20. The van der Waals surface area contributed by atoms with Gasteiger partial charge in [-0.05, 0) is 50.5 Å². The van der Waals surface area contributed by atoms with Crippen LogP contribution in [0.25, 0.3) is 10.2 Å². The molecule has 2 saturated heterocycles. The van der Waals surface area contributed by atoms with Gasteiger partial charge in [-0.25, -0.2) is 4.98 Å². The van der Waals surface area contributed by atoms with Crippen LogP contribution in [0.15, 0.2) is 12.4 Å². The van der Waals surface area contributed by atoms with Crippen LogP contribution in [0.2, 0.25) is 0 Å². The third-order valence-electron chi connectivity index (χ3n) is 8.02. The van der Waals surface area contributed by atoms with E-state index in [1.165, 1.54) is 54.4 Å². The van der Waals surface area contributed by atoms with E-state index >= 15 is 0 Å². The molecule has 9 nitrogen and oxygen atoms in total. The quantitative estimate of drug-likeness (QED) is 0.535. The van der Waals surface area contributed by atoms with E-state index in [4.69, 9.17) is 19.4 Å². The molecule has 3 aromatic rings. The Kier molecular flexibility index (Phi) is 5.84. The van der Waals surface area contributed by atoms with E-state index in [1.807, 2.05) is 28.4 Å². The smallest absolute Gasteiger partial charge is 0.230 e. The van der Waals surface area contributed by atoms with Crippen molar-refractivity contribution in [2.45, 2.75) is 63.1 Å². The summed E-state index contributed by atoms with van der Waals surface area (Å²) in [6, 6.07) is 1.48. The molecule has 5 heterocycles. The Morgan fingerprint density at radius 2 is 1.83 bits per heavy atom. The summed E-state index contributed by atoms with van der Waals surface area (Å²) in [6.07, 6.45) is 12.3. The summed E-state index contributed by atoms with van der Waals surface area (Å²) < 4.78 is 12.8. The zero-order valence-electron chi connectivity index (χ0n) is 20.0. The van der Waals surface area contributed by atoms with Gasteiger partial charge in [0.1, 0.15) is 10.6 Å². The van der Waals surface area contributed by atoms with E-state index in [1.54, 1.807) is 0 Å². The monoisotopic (exact) mass is 495 g/mol. The van der Waals surface area contributed by atoms with Crippen LogP contribution in [0.1, 0.15) is 48.6 Å².